The summed E-state index contributed by atoms with van der Waals surface area (Å²) >= 11 is 0. The van der Waals surface area contributed by atoms with Gasteiger partial charge >= 0.3 is 0 Å². The molecule has 0 unspecified atom stereocenters. The predicted octanol–water partition coefficient (Wildman–Crippen LogP) is 2.46. The Morgan fingerprint density at radius 2 is 1.65 bits per heavy atom. The second-order valence-corrected chi connectivity index (χ2v) is 4.87. The van der Waals surface area contributed by atoms with E-state index in [4.69, 9.17) is 18.9 Å². The number of hydrogen-bond acceptors (Lipinski definition) is 4. The summed E-state index contributed by atoms with van der Waals surface area (Å²) < 4.78 is 22.5. The van der Waals surface area contributed by atoms with Crippen molar-refractivity contribution in [3.63, 3.8) is 0 Å². The van der Waals surface area contributed by atoms with Gasteiger partial charge in [0.1, 0.15) is 0 Å². The summed E-state index contributed by atoms with van der Waals surface area (Å²) in [4.78, 5) is 0. The quantitative estimate of drug-likeness (QED) is 0.744. The van der Waals surface area contributed by atoms with Crippen LogP contribution in [0, 0.1) is 0 Å². The molecule has 0 amide bonds. The van der Waals surface area contributed by atoms with Crippen LogP contribution in [0.15, 0.2) is 0 Å². The van der Waals surface area contributed by atoms with Crippen molar-refractivity contribution >= 4 is 0 Å². The fourth-order valence-electron chi connectivity index (χ4n) is 2.20. The highest BCUT2D eigenvalue weighted by molar-refractivity contribution is 4.59. The van der Waals surface area contributed by atoms with Gasteiger partial charge in [-0.25, -0.2) is 0 Å². The van der Waals surface area contributed by atoms with Crippen LogP contribution >= 0.6 is 0 Å². The zero-order valence-corrected chi connectivity index (χ0v) is 10.7. The van der Waals surface area contributed by atoms with Crippen molar-refractivity contribution in [2.75, 3.05) is 19.8 Å². The van der Waals surface area contributed by atoms with E-state index < -0.39 is 0 Å². The molecule has 0 aromatic carbocycles. The van der Waals surface area contributed by atoms with Crippen LogP contribution in [0.1, 0.15) is 45.4 Å². The first kappa shape index (κ1) is 13.3. The molecule has 2 aliphatic rings. The molecule has 3 atom stereocenters. The summed E-state index contributed by atoms with van der Waals surface area (Å²) in [6.07, 6.45) is 6.73. The molecule has 2 rings (SSSR count). The Hall–Kier alpha value is -0.160. The lowest BCUT2D eigenvalue weighted by Crippen LogP contribution is -2.31. The minimum absolute atomic E-state index is 0.0259. The molecule has 2 saturated heterocycles. The maximum Gasteiger partial charge on any atom is 0.158 e. The number of hydrogen-bond donors (Lipinski definition) is 0. The normalized spacial score (nSPS) is 32.3. The predicted molar refractivity (Wildman–Crippen MR) is 63.7 cm³/mol. The van der Waals surface area contributed by atoms with E-state index in [1.165, 1.54) is 12.8 Å². The van der Waals surface area contributed by atoms with E-state index in [0.29, 0.717) is 6.61 Å². The van der Waals surface area contributed by atoms with Gasteiger partial charge in [-0.3, -0.25) is 0 Å². The Morgan fingerprint density at radius 3 is 2.24 bits per heavy atom. The third-order valence-electron chi connectivity index (χ3n) is 3.18. The van der Waals surface area contributed by atoms with Gasteiger partial charge in [-0.05, 0) is 45.4 Å². The molecule has 2 heterocycles. The molecule has 0 saturated carbocycles. The third-order valence-corrected chi connectivity index (χ3v) is 3.18. The molecule has 0 aliphatic carbocycles. The molecule has 2 aliphatic heterocycles. The molecule has 4 heteroatoms. The van der Waals surface area contributed by atoms with Crippen LogP contribution in [0.3, 0.4) is 0 Å². The smallest absolute Gasteiger partial charge is 0.158 e. The monoisotopic (exact) mass is 244 g/mol. The molecule has 0 spiro atoms. The molecule has 0 radical (unpaired) electrons. The van der Waals surface area contributed by atoms with Crippen LogP contribution < -0.4 is 0 Å². The maximum atomic E-state index is 5.78. The third kappa shape index (κ3) is 4.92. The molecule has 0 aromatic heterocycles. The van der Waals surface area contributed by atoms with Crippen molar-refractivity contribution in [3.05, 3.63) is 0 Å². The Morgan fingerprint density at radius 1 is 1.00 bits per heavy atom. The largest absolute Gasteiger partial charge is 0.353 e. The molecule has 0 aromatic rings. The highest BCUT2D eigenvalue weighted by Gasteiger charge is 2.19. The summed E-state index contributed by atoms with van der Waals surface area (Å²) in [6.45, 7) is 4.26. The lowest BCUT2D eigenvalue weighted by atomic mass is 10.2. The number of rotatable bonds is 5. The van der Waals surface area contributed by atoms with Gasteiger partial charge in [-0.15, -0.1) is 0 Å². The van der Waals surface area contributed by atoms with E-state index in [9.17, 15) is 0 Å². The molecule has 17 heavy (non-hydrogen) atoms. The van der Waals surface area contributed by atoms with Crippen LogP contribution in [-0.2, 0) is 18.9 Å². The second kappa shape index (κ2) is 7.31. The van der Waals surface area contributed by atoms with E-state index in [2.05, 4.69) is 0 Å². The topological polar surface area (TPSA) is 36.9 Å². The maximum absolute atomic E-state index is 5.78. The van der Waals surface area contributed by atoms with Crippen LogP contribution in [0.5, 0.6) is 0 Å². The minimum atomic E-state index is -0.0328. The highest BCUT2D eigenvalue weighted by Crippen LogP contribution is 2.17. The fourth-order valence-corrected chi connectivity index (χ4v) is 2.20. The Balaban J connectivity index is 1.57. The molecular weight excluding hydrogens is 220 g/mol. The van der Waals surface area contributed by atoms with E-state index >= 15 is 0 Å². The van der Waals surface area contributed by atoms with Gasteiger partial charge in [0.15, 0.2) is 12.6 Å². The van der Waals surface area contributed by atoms with E-state index in [1.54, 1.807) is 0 Å². The standard InChI is InChI=1S/C13H24O4/c1-11(17-13-7-3-5-9-15-13)10-16-12-6-2-4-8-14-12/h11-13H,2-10H2,1H3/t11-,12-,13-/m0/s1. The van der Waals surface area contributed by atoms with Crippen LogP contribution in [0.2, 0.25) is 0 Å². The van der Waals surface area contributed by atoms with Gasteiger partial charge in [0.05, 0.1) is 12.7 Å². The second-order valence-electron chi connectivity index (χ2n) is 4.87. The first-order chi connectivity index (χ1) is 8.34. The highest BCUT2D eigenvalue weighted by atomic mass is 16.7. The van der Waals surface area contributed by atoms with E-state index in [0.717, 1.165) is 38.9 Å². The van der Waals surface area contributed by atoms with Crippen molar-refractivity contribution in [3.8, 4) is 0 Å². The lowest BCUT2D eigenvalue weighted by Gasteiger charge is -2.28. The summed E-state index contributed by atoms with van der Waals surface area (Å²) in [7, 11) is 0. The van der Waals surface area contributed by atoms with Gasteiger partial charge in [-0.2, -0.15) is 0 Å². The average Bonchev–Trinajstić information content (AvgIpc) is 2.39. The van der Waals surface area contributed by atoms with E-state index in [1.807, 2.05) is 6.92 Å². The van der Waals surface area contributed by atoms with Gasteiger partial charge in [0, 0.05) is 13.2 Å². The first-order valence-electron chi connectivity index (χ1n) is 6.85. The van der Waals surface area contributed by atoms with Gasteiger partial charge in [-0.1, -0.05) is 0 Å². The van der Waals surface area contributed by atoms with Crippen LogP contribution in [0.4, 0.5) is 0 Å². The van der Waals surface area contributed by atoms with Crippen molar-refractivity contribution < 1.29 is 18.9 Å². The van der Waals surface area contributed by atoms with Crippen molar-refractivity contribution in [2.45, 2.75) is 64.1 Å². The summed E-state index contributed by atoms with van der Waals surface area (Å²) in [5, 5.41) is 0. The van der Waals surface area contributed by atoms with Crippen LogP contribution in [0.25, 0.3) is 0 Å². The van der Waals surface area contributed by atoms with E-state index in [-0.39, 0.29) is 18.7 Å². The molecule has 2 fully saturated rings. The Kier molecular flexibility index (Phi) is 5.71. The molecule has 0 N–H and O–H groups in total. The Labute approximate surface area is 104 Å². The molecule has 100 valence electrons. The van der Waals surface area contributed by atoms with Gasteiger partial charge in [0.2, 0.25) is 0 Å². The first-order valence-corrected chi connectivity index (χ1v) is 6.85. The SMILES string of the molecule is C[C@@H](CO[C@H]1CCCCO1)O[C@H]1CCCCO1. The van der Waals surface area contributed by atoms with Crippen molar-refractivity contribution in [1.29, 1.82) is 0 Å². The summed E-state index contributed by atoms with van der Waals surface area (Å²) in [5.41, 5.74) is 0. The summed E-state index contributed by atoms with van der Waals surface area (Å²) in [5.74, 6) is 0. The van der Waals surface area contributed by atoms with Crippen molar-refractivity contribution in [2.24, 2.45) is 0 Å². The summed E-state index contributed by atoms with van der Waals surface area (Å²) in [6, 6.07) is 0. The van der Waals surface area contributed by atoms with Crippen molar-refractivity contribution in [1.82, 2.24) is 0 Å². The number of ether oxygens (including phenoxy) is 4. The molecule has 4 nitrogen and oxygen atoms in total. The zero-order valence-electron chi connectivity index (χ0n) is 10.7. The minimum Gasteiger partial charge on any atom is -0.353 e. The Bertz CT molecular complexity index is 198. The molecular formula is C13H24O4. The zero-order chi connectivity index (χ0) is 11.9. The van der Waals surface area contributed by atoms with Crippen LogP contribution in [-0.4, -0.2) is 38.5 Å². The fraction of sp³-hybridized carbons (Fsp3) is 1.00. The molecule has 0 bridgehead atoms. The lowest BCUT2D eigenvalue weighted by molar-refractivity contribution is -0.219. The van der Waals surface area contributed by atoms with Gasteiger partial charge in [0.25, 0.3) is 0 Å². The van der Waals surface area contributed by atoms with Gasteiger partial charge < -0.3 is 18.9 Å². The average molecular weight is 244 g/mol.